The van der Waals surface area contributed by atoms with Crippen LogP contribution in [-0.2, 0) is 0 Å². The van der Waals surface area contributed by atoms with Crippen LogP contribution in [0.25, 0.3) is 44.5 Å². The van der Waals surface area contributed by atoms with E-state index in [0.717, 1.165) is 32.5 Å². The molecule has 0 saturated carbocycles. The molecule has 0 radical (unpaired) electrons. The molecule has 0 aliphatic carbocycles. The topological polar surface area (TPSA) is 26.0 Å². The van der Waals surface area contributed by atoms with E-state index in [1.54, 1.807) is 0 Å². The van der Waals surface area contributed by atoms with Crippen molar-refractivity contribution >= 4 is 33.5 Å². The Morgan fingerprint density at radius 2 is 1.35 bits per heavy atom. The fourth-order valence-electron chi connectivity index (χ4n) is 3.26. The van der Waals surface area contributed by atoms with E-state index in [0.29, 0.717) is 5.89 Å². The van der Waals surface area contributed by atoms with Crippen LogP contribution < -0.4 is 0 Å². The van der Waals surface area contributed by atoms with Crippen molar-refractivity contribution in [3.8, 4) is 22.6 Å². The van der Waals surface area contributed by atoms with Gasteiger partial charge >= 0.3 is 0 Å². The second-order valence-corrected chi connectivity index (χ2v) is 6.62. The molecule has 0 bridgehead atoms. The molecule has 0 N–H and O–H groups in total. The Labute approximate surface area is 155 Å². The van der Waals surface area contributed by atoms with Crippen molar-refractivity contribution in [1.82, 2.24) is 4.98 Å². The Kier molecular flexibility index (Phi) is 3.51. The molecule has 1 heterocycles. The Balaban J connectivity index is 1.61. The maximum absolute atomic E-state index is 6.29. The van der Waals surface area contributed by atoms with E-state index in [-0.39, 0.29) is 0 Å². The molecule has 0 spiro atoms. The second kappa shape index (κ2) is 6.01. The van der Waals surface area contributed by atoms with E-state index in [2.05, 4.69) is 29.2 Å². The van der Waals surface area contributed by atoms with E-state index < -0.39 is 0 Å². The molecule has 0 atom stereocenters. The summed E-state index contributed by atoms with van der Waals surface area (Å²) >= 11 is 6.29. The van der Waals surface area contributed by atoms with Crippen molar-refractivity contribution in [1.29, 1.82) is 0 Å². The number of nitrogens with zero attached hydrogens (tertiary/aromatic N) is 1. The third-order valence-corrected chi connectivity index (χ3v) is 4.93. The molecule has 0 unspecified atom stereocenters. The SMILES string of the molecule is Clc1cccc2c1ccc1nc(-c3ccc(-c4ccccc4)cc3)oc12. The lowest BCUT2D eigenvalue weighted by Crippen LogP contribution is -1.79. The van der Waals surface area contributed by atoms with Crippen molar-refractivity contribution in [3.05, 3.63) is 90.0 Å². The van der Waals surface area contributed by atoms with Gasteiger partial charge in [0.1, 0.15) is 5.52 Å². The lowest BCUT2D eigenvalue weighted by molar-refractivity contribution is 0.623. The summed E-state index contributed by atoms with van der Waals surface area (Å²) in [6.45, 7) is 0. The van der Waals surface area contributed by atoms with Crippen LogP contribution in [0.4, 0.5) is 0 Å². The quantitative estimate of drug-likeness (QED) is 0.342. The molecule has 0 amide bonds. The van der Waals surface area contributed by atoms with Crippen molar-refractivity contribution < 1.29 is 4.42 Å². The predicted molar refractivity (Wildman–Crippen MR) is 107 cm³/mol. The molecule has 0 aliphatic rings. The van der Waals surface area contributed by atoms with Gasteiger partial charge in [-0.1, -0.05) is 72.3 Å². The lowest BCUT2D eigenvalue weighted by atomic mass is 10.0. The molecule has 1 aromatic heterocycles. The van der Waals surface area contributed by atoms with Gasteiger partial charge in [0, 0.05) is 21.4 Å². The molecular formula is C23H14ClNO. The highest BCUT2D eigenvalue weighted by Crippen LogP contribution is 2.33. The largest absolute Gasteiger partial charge is 0.435 e. The Bertz CT molecular complexity index is 1220. The number of halogens is 1. The molecule has 5 rings (SSSR count). The first-order valence-corrected chi connectivity index (χ1v) is 8.81. The number of fused-ring (bicyclic) bond motifs is 3. The molecule has 26 heavy (non-hydrogen) atoms. The minimum absolute atomic E-state index is 0.618. The van der Waals surface area contributed by atoms with Gasteiger partial charge in [-0.05, 0) is 35.4 Å². The maximum Gasteiger partial charge on any atom is 0.227 e. The van der Waals surface area contributed by atoms with Crippen LogP contribution >= 0.6 is 11.6 Å². The average Bonchev–Trinajstić information content (AvgIpc) is 3.14. The number of hydrogen-bond acceptors (Lipinski definition) is 2. The Morgan fingerprint density at radius 3 is 2.15 bits per heavy atom. The highest BCUT2D eigenvalue weighted by molar-refractivity contribution is 6.36. The molecule has 0 aliphatic heterocycles. The van der Waals surface area contributed by atoms with Crippen LogP contribution in [0.15, 0.2) is 89.3 Å². The van der Waals surface area contributed by atoms with E-state index in [1.165, 1.54) is 11.1 Å². The highest BCUT2D eigenvalue weighted by Gasteiger charge is 2.12. The lowest BCUT2D eigenvalue weighted by Gasteiger charge is -2.02. The first-order chi connectivity index (χ1) is 12.8. The number of rotatable bonds is 2. The molecule has 5 aromatic rings. The van der Waals surface area contributed by atoms with Crippen LogP contribution in [0.1, 0.15) is 0 Å². The van der Waals surface area contributed by atoms with Gasteiger partial charge in [0.15, 0.2) is 5.58 Å². The summed E-state index contributed by atoms with van der Waals surface area (Å²) in [4.78, 5) is 4.66. The number of oxazole rings is 1. The first kappa shape index (κ1) is 15.2. The fraction of sp³-hybridized carbons (Fsp3) is 0. The van der Waals surface area contributed by atoms with Crippen LogP contribution in [0, 0.1) is 0 Å². The van der Waals surface area contributed by atoms with Gasteiger partial charge in [0.05, 0.1) is 0 Å². The van der Waals surface area contributed by atoms with E-state index in [4.69, 9.17) is 16.0 Å². The minimum Gasteiger partial charge on any atom is -0.435 e. The average molecular weight is 356 g/mol. The van der Waals surface area contributed by atoms with Crippen LogP contribution in [-0.4, -0.2) is 4.98 Å². The van der Waals surface area contributed by atoms with Gasteiger partial charge in [-0.15, -0.1) is 0 Å². The van der Waals surface area contributed by atoms with Gasteiger partial charge in [0.25, 0.3) is 0 Å². The van der Waals surface area contributed by atoms with Crippen LogP contribution in [0.2, 0.25) is 5.02 Å². The summed E-state index contributed by atoms with van der Waals surface area (Å²) in [5, 5.41) is 2.67. The third kappa shape index (κ3) is 2.47. The van der Waals surface area contributed by atoms with Crippen molar-refractivity contribution in [3.63, 3.8) is 0 Å². The maximum atomic E-state index is 6.29. The van der Waals surface area contributed by atoms with E-state index >= 15 is 0 Å². The van der Waals surface area contributed by atoms with Gasteiger partial charge < -0.3 is 4.42 Å². The third-order valence-electron chi connectivity index (χ3n) is 4.60. The van der Waals surface area contributed by atoms with Gasteiger partial charge in [-0.25, -0.2) is 4.98 Å². The summed E-state index contributed by atoms with van der Waals surface area (Å²) < 4.78 is 6.10. The van der Waals surface area contributed by atoms with Crippen LogP contribution in [0.3, 0.4) is 0 Å². The standard InChI is InChI=1S/C23H14ClNO/c24-20-8-4-7-19-18(20)13-14-21-22(19)26-23(25-21)17-11-9-16(10-12-17)15-5-2-1-3-6-15/h1-14H. The zero-order valence-electron chi connectivity index (χ0n) is 13.8. The van der Waals surface area contributed by atoms with Gasteiger partial charge in [-0.2, -0.15) is 0 Å². The number of aromatic nitrogens is 1. The molecular weight excluding hydrogens is 342 g/mol. The summed E-state index contributed by atoms with van der Waals surface area (Å²) in [5.74, 6) is 0.618. The first-order valence-electron chi connectivity index (χ1n) is 8.43. The Morgan fingerprint density at radius 1 is 0.615 bits per heavy atom. The summed E-state index contributed by atoms with van der Waals surface area (Å²) in [6.07, 6.45) is 0. The monoisotopic (exact) mass is 355 g/mol. The second-order valence-electron chi connectivity index (χ2n) is 6.21. The zero-order chi connectivity index (χ0) is 17.5. The number of hydrogen-bond donors (Lipinski definition) is 0. The Hall–Kier alpha value is -3.10. The normalized spacial score (nSPS) is 11.3. The fourth-order valence-corrected chi connectivity index (χ4v) is 3.50. The van der Waals surface area contributed by atoms with E-state index in [9.17, 15) is 0 Å². The summed E-state index contributed by atoms with van der Waals surface area (Å²) in [5.41, 5.74) is 4.92. The highest BCUT2D eigenvalue weighted by atomic mass is 35.5. The van der Waals surface area contributed by atoms with Crippen molar-refractivity contribution in [2.75, 3.05) is 0 Å². The summed E-state index contributed by atoms with van der Waals surface area (Å²) in [7, 11) is 0. The molecule has 0 fully saturated rings. The van der Waals surface area contributed by atoms with Gasteiger partial charge in [0.2, 0.25) is 5.89 Å². The van der Waals surface area contributed by atoms with E-state index in [1.807, 2.05) is 60.7 Å². The van der Waals surface area contributed by atoms with Crippen molar-refractivity contribution in [2.45, 2.75) is 0 Å². The predicted octanol–water partition coefficient (Wildman–Crippen LogP) is 6.97. The zero-order valence-corrected chi connectivity index (χ0v) is 14.6. The minimum atomic E-state index is 0.618. The van der Waals surface area contributed by atoms with Crippen LogP contribution in [0.5, 0.6) is 0 Å². The smallest absolute Gasteiger partial charge is 0.227 e. The molecule has 2 nitrogen and oxygen atoms in total. The molecule has 124 valence electrons. The molecule has 3 heteroatoms. The molecule has 4 aromatic carbocycles. The molecule has 0 saturated heterocycles. The van der Waals surface area contributed by atoms with Gasteiger partial charge in [-0.3, -0.25) is 0 Å². The number of benzene rings is 4. The summed E-state index contributed by atoms with van der Waals surface area (Å²) in [6, 6.07) is 28.3. The van der Waals surface area contributed by atoms with Crippen molar-refractivity contribution in [2.24, 2.45) is 0 Å².